The minimum Gasteiger partial charge on any atom is -0.150 e. The van der Waals surface area contributed by atoms with Gasteiger partial charge in [-0.05, 0) is 13.3 Å². The topological polar surface area (TPSA) is 29.4 Å². The van der Waals surface area contributed by atoms with E-state index in [0.717, 1.165) is 12.0 Å². The summed E-state index contributed by atoms with van der Waals surface area (Å²) in [4.78, 5) is 10.0. The fraction of sp³-hybridized carbons (Fsp3) is 0.500. The molecule has 2 heteroatoms. The lowest BCUT2D eigenvalue weighted by Crippen LogP contribution is -1.94. The molecule has 0 N–H and O–H groups in total. The van der Waals surface area contributed by atoms with E-state index >= 15 is 0 Å². The lowest BCUT2D eigenvalue weighted by atomic mass is 10.2. The third-order valence-corrected chi connectivity index (χ3v) is 1.16. The van der Waals surface area contributed by atoms with E-state index in [9.17, 15) is 4.91 Å². The van der Waals surface area contributed by atoms with Gasteiger partial charge in [-0.3, -0.25) is 0 Å². The van der Waals surface area contributed by atoms with Crippen molar-refractivity contribution in [3.8, 4) is 0 Å². The second kappa shape index (κ2) is 4.91. The van der Waals surface area contributed by atoms with Crippen LogP contribution in [0.4, 0.5) is 0 Å². The van der Waals surface area contributed by atoms with Gasteiger partial charge in [-0.15, -0.1) is 0 Å². The maximum atomic E-state index is 10.0. The van der Waals surface area contributed by atoms with Gasteiger partial charge in [0.15, 0.2) is 0 Å². The summed E-state index contributed by atoms with van der Waals surface area (Å²) in [5, 5.41) is 2.90. The molecule has 0 heterocycles. The normalized spacial score (nSPS) is 13.4. The van der Waals surface area contributed by atoms with Gasteiger partial charge in [-0.1, -0.05) is 36.4 Å². The first-order chi connectivity index (χ1) is 4.70. The predicted molar refractivity (Wildman–Crippen MR) is 43.8 cm³/mol. The zero-order valence-electron chi connectivity index (χ0n) is 6.50. The van der Waals surface area contributed by atoms with Crippen LogP contribution in [-0.2, 0) is 0 Å². The molecule has 0 aromatic carbocycles. The molecule has 2 nitrogen and oxygen atoms in total. The number of hydrogen-bond donors (Lipinski definition) is 0. The lowest BCUT2D eigenvalue weighted by molar-refractivity contribution is 0.777. The fourth-order valence-electron chi connectivity index (χ4n) is 0.521. The molecule has 56 valence electrons. The maximum Gasteiger partial charge on any atom is 0.110 e. The van der Waals surface area contributed by atoms with Gasteiger partial charge in [0, 0.05) is 0 Å². The van der Waals surface area contributed by atoms with Crippen molar-refractivity contribution in [2.45, 2.75) is 26.3 Å². The van der Waals surface area contributed by atoms with Crippen LogP contribution in [0.2, 0.25) is 0 Å². The Morgan fingerprint density at radius 2 is 2.40 bits per heavy atom. The van der Waals surface area contributed by atoms with Crippen molar-refractivity contribution in [3.63, 3.8) is 0 Å². The minimum atomic E-state index is -0.184. The molecule has 0 aliphatic rings. The second-order valence-electron chi connectivity index (χ2n) is 2.29. The van der Waals surface area contributed by atoms with Crippen molar-refractivity contribution < 1.29 is 0 Å². The molecule has 0 bridgehead atoms. The smallest absolute Gasteiger partial charge is 0.110 e. The molecule has 10 heavy (non-hydrogen) atoms. The van der Waals surface area contributed by atoms with Gasteiger partial charge < -0.3 is 0 Å². The van der Waals surface area contributed by atoms with Crippen molar-refractivity contribution in [2.75, 3.05) is 0 Å². The molecular weight excluding hydrogens is 126 g/mol. The first-order valence-electron chi connectivity index (χ1n) is 3.37. The van der Waals surface area contributed by atoms with Crippen LogP contribution < -0.4 is 0 Å². The van der Waals surface area contributed by atoms with Crippen molar-refractivity contribution in [2.24, 2.45) is 5.18 Å². The van der Waals surface area contributed by atoms with Gasteiger partial charge in [-0.25, -0.2) is 0 Å². The lowest BCUT2D eigenvalue weighted by Gasteiger charge is -1.95. The van der Waals surface area contributed by atoms with E-state index in [-0.39, 0.29) is 6.04 Å². The SMILES string of the molecule is C=C(C)/C=C\C(CC)N=O. The Bertz CT molecular complexity index is 149. The zero-order chi connectivity index (χ0) is 7.98. The molecule has 0 aliphatic carbocycles. The van der Waals surface area contributed by atoms with E-state index in [4.69, 9.17) is 0 Å². The molecular formula is C8H13NO. The molecule has 0 aromatic heterocycles. The summed E-state index contributed by atoms with van der Waals surface area (Å²) in [5.41, 5.74) is 0.946. The average molecular weight is 139 g/mol. The highest BCUT2D eigenvalue weighted by Crippen LogP contribution is 2.00. The van der Waals surface area contributed by atoms with Crippen LogP contribution in [0.5, 0.6) is 0 Å². The zero-order valence-corrected chi connectivity index (χ0v) is 6.50. The third kappa shape index (κ3) is 4.01. The minimum absolute atomic E-state index is 0.184. The maximum absolute atomic E-state index is 10.0. The van der Waals surface area contributed by atoms with Crippen LogP contribution in [0.15, 0.2) is 29.5 Å². The molecule has 0 rings (SSSR count). The van der Waals surface area contributed by atoms with E-state index in [2.05, 4.69) is 11.8 Å². The molecule has 0 saturated heterocycles. The van der Waals surface area contributed by atoms with Gasteiger partial charge in [0.1, 0.15) is 6.04 Å². The molecule has 0 saturated carbocycles. The molecule has 0 aliphatic heterocycles. The van der Waals surface area contributed by atoms with Crippen LogP contribution in [0.1, 0.15) is 20.3 Å². The average Bonchev–Trinajstić information content (AvgIpc) is 1.90. The fourth-order valence-corrected chi connectivity index (χ4v) is 0.521. The van der Waals surface area contributed by atoms with E-state index in [1.165, 1.54) is 0 Å². The molecule has 0 fully saturated rings. The Labute approximate surface area is 61.6 Å². The van der Waals surface area contributed by atoms with Crippen LogP contribution in [0.25, 0.3) is 0 Å². The number of allylic oxidation sites excluding steroid dienone is 2. The first-order valence-corrected chi connectivity index (χ1v) is 3.37. The van der Waals surface area contributed by atoms with Gasteiger partial charge >= 0.3 is 0 Å². The van der Waals surface area contributed by atoms with Crippen molar-refractivity contribution >= 4 is 0 Å². The monoisotopic (exact) mass is 139 g/mol. The first kappa shape index (κ1) is 9.08. The summed E-state index contributed by atoms with van der Waals surface area (Å²) in [6, 6.07) is -0.184. The highest BCUT2D eigenvalue weighted by molar-refractivity contribution is 5.13. The Kier molecular flexibility index (Phi) is 4.46. The summed E-state index contributed by atoms with van der Waals surface area (Å²) in [7, 11) is 0. The molecule has 0 aromatic rings. The number of nitroso groups, excluding NO2 is 1. The summed E-state index contributed by atoms with van der Waals surface area (Å²) in [6.07, 6.45) is 4.35. The van der Waals surface area contributed by atoms with Crippen LogP contribution in [0, 0.1) is 4.91 Å². The van der Waals surface area contributed by atoms with Crippen LogP contribution in [-0.4, -0.2) is 6.04 Å². The Morgan fingerprint density at radius 3 is 2.70 bits per heavy atom. The van der Waals surface area contributed by atoms with Crippen LogP contribution >= 0.6 is 0 Å². The quantitative estimate of drug-likeness (QED) is 0.435. The molecule has 0 spiro atoms. The number of hydrogen-bond acceptors (Lipinski definition) is 2. The summed E-state index contributed by atoms with van der Waals surface area (Å²) in [5.74, 6) is 0. The van der Waals surface area contributed by atoms with Gasteiger partial charge in [0.2, 0.25) is 0 Å². The highest BCUT2D eigenvalue weighted by atomic mass is 16.3. The Hall–Kier alpha value is -0.920. The summed E-state index contributed by atoms with van der Waals surface area (Å²) in [6.45, 7) is 7.47. The van der Waals surface area contributed by atoms with E-state index in [0.29, 0.717) is 0 Å². The third-order valence-electron chi connectivity index (χ3n) is 1.16. The van der Waals surface area contributed by atoms with E-state index in [1.807, 2.05) is 19.9 Å². The summed E-state index contributed by atoms with van der Waals surface area (Å²) < 4.78 is 0. The van der Waals surface area contributed by atoms with Crippen molar-refractivity contribution in [1.82, 2.24) is 0 Å². The molecule has 1 atom stereocenters. The molecule has 0 amide bonds. The molecule has 0 radical (unpaired) electrons. The number of rotatable bonds is 4. The van der Waals surface area contributed by atoms with E-state index < -0.39 is 0 Å². The predicted octanol–water partition coefficient (Wildman–Crippen LogP) is 2.66. The largest absolute Gasteiger partial charge is 0.150 e. The standard InChI is InChI=1S/C8H13NO/c1-4-8(9-10)6-5-7(2)3/h5-6,8H,2,4H2,1,3H3/b6-5-. The van der Waals surface area contributed by atoms with Gasteiger partial charge in [-0.2, -0.15) is 4.91 Å². The van der Waals surface area contributed by atoms with Gasteiger partial charge in [0.25, 0.3) is 0 Å². The highest BCUT2D eigenvalue weighted by Gasteiger charge is 1.96. The second-order valence-corrected chi connectivity index (χ2v) is 2.29. The molecule has 1 unspecified atom stereocenters. The van der Waals surface area contributed by atoms with E-state index in [1.54, 1.807) is 6.08 Å². The number of nitrogens with zero attached hydrogens (tertiary/aromatic N) is 1. The Morgan fingerprint density at radius 1 is 1.80 bits per heavy atom. The van der Waals surface area contributed by atoms with Crippen molar-refractivity contribution in [3.05, 3.63) is 29.2 Å². The van der Waals surface area contributed by atoms with Crippen LogP contribution in [0.3, 0.4) is 0 Å². The van der Waals surface area contributed by atoms with Crippen molar-refractivity contribution in [1.29, 1.82) is 0 Å². The summed E-state index contributed by atoms with van der Waals surface area (Å²) >= 11 is 0. The van der Waals surface area contributed by atoms with Gasteiger partial charge in [0.05, 0.1) is 0 Å². The Balaban J connectivity index is 3.83.